The van der Waals surface area contributed by atoms with Crippen LogP contribution in [-0.4, -0.2) is 16.1 Å². The normalized spacial score (nSPS) is 11.9. The van der Waals surface area contributed by atoms with E-state index in [2.05, 4.69) is 4.98 Å². The Labute approximate surface area is 98.3 Å². The van der Waals surface area contributed by atoms with Crippen molar-refractivity contribution in [2.45, 2.75) is 25.9 Å². The summed E-state index contributed by atoms with van der Waals surface area (Å²) in [7, 11) is 0. The van der Waals surface area contributed by atoms with Crippen molar-refractivity contribution in [2.24, 2.45) is 0 Å². The first-order valence-electron chi connectivity index (χ1n) is 4.70. The number of aryl methyl sites for hydroxylation is 1. The molecule has 0 aromatic carbocycles. The molecule has 0 atom stereocenters. The van der Waals surface area contributed by atoms with Crippen molar-refractivity contribution in [1.29, 1.82) is 0 Å². The monoisotopic (exact) mass is 269 g/mol. The van der Waals surface area contributed by atoms with E-state index in [0.29, 0.717) is 0 Å². The van der Waals surface area contributed by atoms with Crippen LogP contribution in [-0.2, 0) is 17.4 Å². The average Bonchev–Trinajstić information content (AvgIpc) is 2.13. The Morgan fingerprint density at radius 3 is 2.39 bits per heavy atom. The number of nitrogens with zero attached hydrogens (tertiary/aromatic N) is 1. The second kappa shape index (κ2) is 4.87. The van der Waals surface area contributed by atoms with Crippen LogP contribution in [0.1, 0.15) is 28.9 Å². The summed E-state index contributed by atoms with van der Waals surface area (Å²) >= 11 is 0. The Kier molecular flexibility index (Phi) is 3.88. The zero-order valence-corrected chi connectivity index (χ0v) is 9.05. The predicted octanol–water partition coefficient (Wildman–Crippen LogP) is 2.97. The van der Waals surface area contributed by atoms with E-state index in [-0.39, 0.29) is 11.8 Å². The van der Waals surface area contributed by atoms with E-state index >= 15 is 0 Å². The standard InChI is InChI=1S/C10H8F5NO2/c1-4-5(9(11)12)2-6(10(13,14)15)7(16-4)3-8(17)18/h2,9H,3H2,1H3,(H,17,18). The van der Waals surface area contributed by atoms with Gasteiger partial charge in [-0.05, 0) is 13.0 Å². The van der Waals surface area contributed by atoms with Crippen molar-refractivity contribution in [2.75, 3.05) is 0 Å². The van der Waals surface area contributed by atoms with E-state index in [1.54, 1.807) is 0 Å². The molecule has 0 radical (unpaired) electrons. The van der Waals surface area contributed by atoms with Crippen molar-refractivity contribution >= 4 is 5.97 Å². The van der Waals surface area contributed by atoms with Crippen LogP contribution in [0.5, 0.6) is 0 Å². The van der Waals surface area contributed by atoms with Gasteiger partial charge in [0.2, 0.25) is 0 Å². The molecule has 0 saturated heterocycles. The molecule has 0 aliphatic rings. The van der Waals surface area contributed by atoms with Crippen LogP contribution in [0.15, 0.2) is 6.07 Å². The van der Waals surface area contributed by atoms with Crippen LogP contribution in [0.2, 0.25) is 0 Å². The van der Waals surface area contributed by atoms with Crippen LogP contribution >= 0.6 is 0 Å². The number of pyridine rings is 1. The Balaban J connectivity index is 3.42. The molecule has 100 valence electrons. The first kappa shape index (κ1) is 14.3. The fourth-order valence-corrected chi connectivity index (χ4v) is 1.41. The highest BCUT2D eigenvalue weighted by molar-refractivity contribution is 5.70. The molecule has 1 aromatic heterocycles. The summed E-state index contributed by atoms with van der Waals surface area (Å²) in [4.78, 5) is 13.7. The van der Waals surface area contributed by atoms with E-state index in [9.17, 15) is 26.7 Å². The molecule has 0 aliphatic carbocycles. The van der Waals surface area contributed by atoms with E-state index in [1.807, 2.05) is 0 Å². The number of hydrogen-bond donors (Lipinski definition) is 1. The first-order valence-corrected chi connectivity index (χ1v) is 4.70. The average molecular weight is 269 g/mol. The maximum atomic E-state index is 12.6. The SMILES string of the molecule is Cc1nc(CC(=O)O)c(C(F)(F)F)cc1C(F)F. The van der Waals surface area contributed by atoms with Gasteiger partial charge in [-0.3, -0.25) is 9.78 Å². The highest BCUT2D eigenvalue weighted by Crippen LogP contribution is 2.35. The van der Waals surface area contributed by atoms with Crippen LogP contribution in [0.25, 0.3) is 0 Å². The first-order chi connectivity index (χ1) is 8.12. The third-order valence-corrected chi connectivity index (χ3v) is 2.19. The molecule has 0 spiro atoms. The summed E-state index contributed by atoms with van der Waals surface area (Å²) in [6.45, 7) is 1.10. The van der Waals surface area contributed by atoms with Crippen LogP contribution in [0.3, 0.4) is 0 Å². The molecule has 0 unspecified atom stereocenters. The zero-order valence-electron chi connectivity index (χ0n) is 9.05. The minimum absolute atomic E-state index is 0.255. The third-order valence-electron chi connectivity index (χ3n) is 2.19. The van der Waals surface area contributed by atoms with E-state index in [0.717, 1.165) is 6.92 Å². The summed E-state index contributed by atoms with van der Waals surface area (Å²) in [5.74, 6) is -1.52. The van der Waals surface area contributed by atoms with Gasteiger partial charge < -0.3 is 5.11 Å². The largest absolute Gasteiger partial charge is 0.481 e. The Bertz CT molecular complexity index is 470. The van der Waals surface area contributed by atoms with Crippen molar-refractivity contribution < 1.29 is 31.9 Å². The predicted molar refractivity (Wildman–Crippen MR) is 50.3 cm³/mol. The van der Waals surface area contributed by atoms with Crippen molar-refractivity contribution in [3.05, 3.63) is 28.6 Å². The Hall–Kier alpha value is -1.73. The van der Waals surface area contributed by atoms with Gasteiger partial charge in [0, 0.05) is 11.3 Å². The molecular formula is C10H8F5NO2. The van der Waals surface area contributed by atoms with Crippen LogP contribution in [0, 0.1) is 6.92 Å². The minimum Gasteiger partial charge on any atom is -0.481 e. The molecule has 0 aliphatic heterocycles. The number of halogens is 5. The second-order valence-electron chi connectivity index (χ2n) is 3.53. The summed E-state index contributed by atoms with van der Waals surface area (Å²) in [5, 5.41) is 8.47. The summed E-state index contributed by atoms with van der Waals surface area (Å²) in [6.07, 6.45) is -8.99. The molecule has 3 nitrogen and oxygen atoms in total. The molecule has 18 heavy (non-hydrogen) atoms. The summed E-state index contributed by atoms with van der Waals surface area (Å²) in [6, 6.07) is 0.255. The second-order valence-corrected chi connectivity index (χ2v) is 3.53. The quantitative estimate of drug-likeness (QED) is 0.858. The molecule has 1 aromatic rings. The molecule has 8 heteroatoms. The summed E-state index contributed by atoms with van der Waals surface area (Å²) < 4.78 is 62.7. The number of aliphatic carboxylic acids is 1. The van der Waals surface area contributed by atoms with E-state index in [1.165, 1.54) is 0 Å². The lowest BCUT2D eigenvalue weighted by Gasteiger charge is -2.14. The number of aromatic nitrogens is 1. The molecule has 1 N–H and O–H groups in total. The molecule has 1 rings (SSSR count). The molecule has 0 amide bonds. The summed E-state index contributed by atoms with van der Waals surface area (Å²) in [5.41, 5.74) is -3.37. The lowest BCUT2D eigenvalue weighted by atomic mass is 10.1. The van der Waals surface area contributed by atoms with Crippen LogP contribution in [0.4, 0.5) is 22.0 Å². The number of carboxylic acids is 1. The van der Waals surface area contributed by atoms with Gasteiger partial charge in [0.15, 0.2) is 0 Å². The maximum absolute atomic E-state index is 12.6. The highest BCUT2D eigenvalue weighted by Gasteiger charge is 2.36. The van der Waals surface area contributed by atoms with Gasteiger partial charge in [0.05, 0.1) is 17.7 Å². The molecule has 1 heterocycles. The third kappa shape index (κ3) is 3.14. The lowest BCUT2D eigenvalue weighted by molar-refractivity contribution is -0.140. The number of hydrogen-bond acceptors (Lipinski definition) is 2. The molecule has 0 saturated carbocycles. The van der Waals surface area contributed by atoms with Gasteiger partial charge >= 0.3 is 12.1 Å². The smallest absolute Gasteiger partial charge is 0.418 e. The lowest BCUT2D eigenvalue weighted by Crippen LogP contribution is -2.16. The Morgan fingerprint density at radius 2 is 2.00 bits per heavy atom. The van der Waals surface area contributed by atoms with Gasteiger partial charge in [0.25, 0.3) is 6.43 Å². The van der Waals surface area contributed by atoms with Gasteiger partial charge in [-0.1, -0.05) is 0 Å². The van der Waals surface area contributed by atoms with Gasteiger partial charge in [-0.15, -0.1) is 0 Å². The maximum Gasteiger partial charge on any atom is 0.418 e. The van der Waals surface area contributed by atoms with Crippen LogP contribution < -0.4 is 0 Å². The van der Waals surface area contributed by atoms with E-state index in [4.69, 9.17) is 5.11 Å². The molecule has 0 bridgehead atoms. The molecule has 0 fully saturated rings. The van der Waals surface area contributed by atoms with Gasteiger partial charge in [-0.25, -0.2) is 8.78 Å². The van der Waals surface area contributed by atoms with Crippen molar-refractivity contribution in [3.8, 4) is 0 Å². The van der Waals surface area contributed by atoms with Crippen molar-refractivity contribution in [1.82, 2.24) is 4.98 Å². The number of rotatable bonds is 3. The topological polar surface area (TPSA) is 50.2 Å². The number of carbonyl (C=O) groups is 1. The fourth-order valence-electron chi connectivity index (χ4n) is 1.41. The zero-order chi connectivity index (χ0) is 14.1. The fraction of sp³-hybridized carbons (Fsp3) is 0.400. The highest BCUT2D eigenvalue weighted by atomic mass is 19.4. The van der Waals surface area contributed by atoms with Gasteiger partial charge in [-0.2, -0.15) is 13.2 Å². The number of carboxylic acid groups (broad SMARTS) is 1. The minimum atomic E-state index is -4.92. The van der Waals surface area contributed by atoms with Gasteiger partial charge in [0.1, 0.15) is 0 Å². The molecular weight excluding hydrogens is 261 g/mol. The number of alkyl halides is 5. The Morgan fingerprint density at radius 1 is 1.44 bits per heavy atom. The van der Waals surface area contributed by atoms with E-state index < -0.39 is 41.8 Å². The van der Waals surface area contributed by atoms with Crippen molar-refractivity contribution in [3.63, 3.8) is 0 Å².